The highest BCUT2D eigenvalue weighted by Gasteiger charge is 2.51. The second-order valence-electron chi connectivity index (χ2n) is 7.21. The van der Waals surface area contributed by atoms with Crippen molar-refractivity contribution in [3.63, 3.8) is 0 Å². The molecule has 26 heavy (non-hydrogen) atoms. The second-order valence-corrected chi connectivity index (χ2v) is 7.21. The molecule has 0 aliphatic carbocycles. The molecule has 138 valence electrons. The predicted molar refractivity (Wildman–Crippen MR) is 94.5 cm³/mol. The number of pyridine rings is 1. The number of rotatable bonds is 4. The first-order valence-corrected chi connectivity index (χ1v) is 8.89. The fourth-order valence-electron chi connectivity index (χ4n) is 4.05. The Hall–Kier alpha value is -2.48. The Morgan fingerprint density at radius 1 is 1.31 bits per heavy atom. The van der Waals surface area contributed by atoms with Crippen LogP contribution < -0.4 is 0 Å². The number of amides is 2. The van der Waals surface area contributed by atoms with Gasteiger partial charge in [-0.15, -0.1) is 0 Å². The number of imidazole rings is 1. The van der Waals surface area contributed by atoms with E-state index in [1.165, 1.54) is 0 Å². The molecule has 2 amide bonds. The molecule has 2 aromatic heterocycles. The lowest BCUT2D eigenvalue weighted by molar-refractivity contribution is -0.135. The summed E-state index contributed by atoms with van der Waals surface area (Å²) in [6, 6.07) is 1.77. The van der Waals surface area contributed by atoms with Crippen LogP contribution in [0.15, 0.2) is 18.6 Å². The third-order valence-corrected chi connectivity index (χ3v) is 5.61. The molecule has 0 radical (unpaired) electrons. The molecule has 0 saturated carbocycles. The van der Waals surface area contributed by atoms with E-state index >= 15 is 0 Å². The van der Waals surface area contributed by atoms with Crippen LogP contribution in [0.4, 0.5) is 0 Å². The zero-order valence-corrected chi connectivity index (χ0v) is 15.1. The van der Waals surface area contributed by atoms with Crippen molar-refractivity contribution < 1.29 is 14.3 Å². The zero-order chi connectivity index (χ0) is 18.3. The predicted octanol–water partition coefficient (Wildman–Crippen LogP) is 0.679. The highest BCUT2D eigenvalue weighted by atomic mass is 16.5. The molecule has 1 unspecified atom stereocenters. The van der Waals surface area contributed by atoms with Crippen molar-refractivity contribution in [2.24, 2.45) is 12.5 Å². The van der Waals surface area contributed by atoms with Gasteiger partial charge < -0.3 is 19.1 Å². The molecule has 2 saturated heterocycles. The van der Waals surface area contributed by atoms with Crippen LogP contribution in [-0.2, 0) is 16.6 Å². The van der Waals surface area contributed by atoms with Crippen LogP contribution in [0.1, 0.15) is 23.2 Å². The van der Waals surface area contributed by atoms with Gasteiger partial charge in [0.25, 0.3) is 5.91 Å². The number of fused-ring (bicyclic) bond motifs is 1. The fraction of sp³-hybridized carbons (Fsp3) is 0.556. The number of hydrogen-bond donors (Lipinski definition) is 0. The molecule has 8 nitrogen and oxygen atoms in total. The Morgan fingerprint density at radius 3 is 2.92 bits per heavy atom. The SMILES string of the molecule is COCCN1CCC2(CCN(C(=O)c3cnc4c(c3)ncn4C)C2)C1=O. The molecular weight excluding hydrogens is 334 g/mol. The Morgan fingerprint density at radius 2 is 2.12 bits per heavy atom. The third kappa shape index (κ3) is 2.65. The van der Waals surface area contributed by atoms with Crippen LogP contribution in [0.2, 0.25) is 0 Å². The first-order chi connectivity index (χ1) is 12.5. The van der Waals surface area contributed by atoms with Gasteiger partial charge >= 0.3 is 0 Å². The van der Waals surface area contributed by atoms with Gasteiger partial charge in [0, 0.05) is 46.5 Å². The van der Waals surface area contributed by atoms with Crippen molar-refractivity contribution in [1.29, 1.82) is 0 Å². The summed E-state index contributed by atoms with van der Waals surface area (Å²) in [6.45, 7) is 2.98. The van der Waals surface area contributed by atoms with E-state index in [4.69, 9.17) is 4.74 Å². The number of hydrogen-bond acceptors (Lipinski definition) is 5. The van der Waals surface area contributed by atoms with Crippen molar-refractivity contribution in [2.45, 2.75) is 12.8 Å². The molecule has 1 atom stereocenters. The van der Waals surface area contributed by atoms with E-state index in [1.54, 1.807) is 30.6 Å². The highest BCUT2D eigenvalue weighted by molar-refractivity contribution is 5.97. The van der Waals surface area contributed by atoms with E-state index in [1.807, 2.05) is 16.5 Å². The van der Waals surface area contributed by atoms with E-state index in [9.17, 15) is 9.59 Å². The van der Waals surface area contributed by atoms with E-state index in [0.29, 0.717) is 37.3 Å². The number of likely N-dealkylation sites (tertiary alicyclic amines) is 2. The lowest BCUT2D eigenvalue weighted by Gasteiger charge is -2.23. The van der Waals surface area contributed by atoms with Gasteiger partial charge in [0.05, 0.1) is 23.9 Å². The maximum Gasteiger partial charge on any atom is 0.255 e. The maximum absolute atomic E-state index is 12.9. The third-order valence-electron chi connectivity index (χ3n) is 5.61. The number of carbonyl (C=O) groups excluding carboxylic acids is 2. The minimum absolute atomic E-state index is 0.0786. The summed E-state index contributed by atoms with van der Waals surface area (Å²) in [6.07, 6.45) is 4.80. The number of aryl methyl sites for hydroxylation is 1. The number of aromatic nitrogens is 3. The van der Waals surface area contributed by atoms with Gasteiger partial charge in [-0.05, 0) is 18.9 Å². The molecule has 2 aromatic rings. The summed E-state index contributed by atoms with van der Waals surface area (Å²) in [5.41, 5.74) is 1.55. The normalized spacial score (nSPS) is 22.9. The van der Waals surface area contributed by atoms with Gasteiger partial charge in [-0.25, -0.2) is 9.97 Å². The Kier molecular flexibility index (Phi) is 4.14. The molecule has 0 bridgehead atoms. The molecule has 1 spiro atoms. The molecular formula is C18H23N5O3. The summed E-state index contributed by atoms with van der Waals surface area (Å²) in [5.74, 6) is 0.0771. The van der Waals surface area contributed by atoms with Crippen molar-refractivity contribution >= 4 is 23.0 Å². The average Bonchev–Trinajstić information content (AvgIpc) is 3.33. The summed E-state index contributed by atoms with van der Waals surface area (Å²) in [7, 11) is 3.51. The first kappa shape index (κ1) is 17.0. The number of methoxy groups -OCH3 is 1. The van der Waals surface area contributed by atoms with Crippen LogP contribution >= 0.6 is 0 Å². The lowest BCUT2D eigenvalue weighted by atomic mass is 9.85. The summed E-state index contributed by atoms with van der Waals surface area (Å²) >= 11 is 0. The van der Waals surface area contributed by atoms with Crippen LogP contribution in [0.3, 0.4) is 0 Å². The first-order valence-electron chi connectivity index (χ1n) is 8.89. The van der Waals surface area contributed by atoms with Gasteiger partial charge in [0.15, 0.2) is 5.65 Å². The second kappa shape index (κ2) is 6.35. The summed E-state index contributed by atoms with van der Waals surface area (Å²) in [4.78, 5) is 38.0. The molecule has 4 heterocycles. The largest absolute Gasteiger partial charge is 0.383 e. The van der Waals surface area contributed by atoms with Crippen LogP contribution in [0.25, 0.3) is 11.2 Å². The van der Waals surface area contributed by atoms with Gasteiger partial charge in [-0.1, -0.05) is 0 Å². The van der Waals surface area contributed by atoms with Gasteiger partial charge in [-0.2, -0.15) is 0 Å². The zero-order valence-electron chi connectivity index (χ0n) is 15.1. The number of carbonyl (C=O) groups is 2. The van der Waals surface area contributed by atoms with E-state index in [-0.39, 0.29) is 11.8 Å². The van der Waals surface area contributed by atoms with Crippen molar-refractivity contribution in [1.82, 2.24) is 24.3 Å². The maximum atomic E-state index is 12.9. The van der Waals surface area contributed by atoms with Crippen molar-refractivity contribution in [2.75, 3.05) is 39.9 Å². The van der Waals surface area contributed by atoms with E-state index in [0.717, 1.165) is 25.0 Å². The molecule has 0 N–H and O–H groups in total. The standard InChI is InChI=1S/C18H23N5O3/c1-21-12-20-14-9-13(10-19-15(14)21)16(24)23-6-4-18(11-23)3-5-22(17(18)25)7-8-26-2/h9-10,12H,3-8,11H2,1-2H3. The number of ether oxygens (including phenoxy) is 1. The topological polar surface area (TPSA) is 80.6 Å². The highest BCUT2D eigenvalue weighted by Crippen LogP contribution is 2.41. The Balaban J connectivity index is 1.49. The smallest absolute Gasteiger partial charge is 0.255 e. The molecule has 4 rings (SSSR count). The monoisotopic (exact) mass is 357 g/mol. The van der Waals surface area contributed by atoms with Crippen LogP contribution in [-0.4, -0.2) is 76.0 Å². The van der Waals surface area contributed by atoms with Crippen molar-refractivity contribution in [3.8, 4) is 0 Å². The minimum atomic E-state index is -0.425. The fourth-order valence-corrected chi connectivity index (χ4v) is 4.05. The van der Waals surface area contributed by atoms with E-state index in [2.05, 4.69) is 9.97 Å². The number of nitrogens with zero attached hydrogens (tertiary/aromatic N) is 5. The Labute approximate surface area is 151 Å². The quantitative estimate of drug-likeness (QED) is 0.804. The lowest BCUT2D eigenvalue weighted by Crippen LogP contribution is -2.39. The average molecular weight is 357 g/mol. The van der Waals surface area contributed by atoms with Crippen molar-refractivity contribution in [3.05, 3.63) is 24.2 Å². The summed E-state index contributed by atoms with van der Waals surface area (Å²) in [5, 5.41) is 0. The molecule has 2 fully saturated rings. The van der Waals surface area contributed by atoms with E-state index < -0.39 is 5.41 Å². The van der Waals surface area contributed by atoms with Gasteiger partial charge in [0.1, 0.15) is 5.52 Å². The van der Waals surface area contributed by atoms with Crippen LogP contribution in [0, 0.1) is 5.41 Å². The molecule has 2 aliphatic rings. The van der Waals surface area contributed by atoms with Gasteiger partial charge in [0.2, 0.25) is 5.91 Å². The molecule has 8 heteroatoms. The molecule has 0 aromatic carbocycles. The van der Waals surface area contributed by atoms with Gasteiger partial charge in [-0.3, -0.25) is 9.59 Å². The van der Waals surface area contributed by atoms with Crippen LogP contribution in [0.5, 0.6) is 0 Å². The minimum Gasteiger partial charge on any atom is -0.383 e. The molecule has 2 aliphatic heterocycles. The summed E-state index contributed by atoms with van der Waals surface area (Å²) < 4.78 is 6.90. The Bertz CT molecular complexity index is 864.